The van der Waals surface area contributed by atoms with Crippen molar-refractivity contribution in [3.8, 4) is 5.75 Å². The van der Waals surface area contributed by atoms with Crippen LogP contribution in [0.4, 0.5) is 4.39 Å². The topological polar surface area (TPSA) is 30.5 Å². The van der Waals surface area contributed by atoms with Gasteiger partial charge in [0.05, 0.1) is 19.8 Å². The van der Waals surface area contributed by atoms with E-state index in [2.05, 4.69) is 12.2 Å². The Hall–Kier alpha value is -1.13. The van der Waals surface area contributed by atoms with E-state index >= 15 is 0 Å². The van der Waals surface area contributed by atoms with Crippen LogP contribution in [0.5, 0.6) is 5.75 Å². The van der Waals surface area contributed by atoms with E-state index in [9.17, 15) is 4.39 Å². The normalized spacial score (nSPS) is 25.1. The van der Waals surface area contributed by atoms with Crippen molar-refractivity contribution in [1.82, 2.24) is 5.32 Å². The van der Waals surface area contributed by atoms with Crippen LogP contribution in [0.3, 0.4) is 0 Å². The molecule has 0 aromatic heterocycles. The molecule has 3 nitrogen and oxygen atoms in total. The molecule has 0 spiro atoms. The van der Waals surface area contributed by atoms with Gasteiger partial charge in [-0.3, -0.25) is 0 Å². The third-order valence-electron chi connectivity index (χ3n) is 3.54. The Kier molecular flexibility index (Phi) is 4.19. The molecule has 1 heterocycles. The summed E-state index contributed by atoms with van der Waals surface area (Å²) in [6.07, 6.45) is 1.25. The van der Waals surface area contributed by atoms with E-state index in [-0.39, 0.29) is 18.0 Å². The second kappa shape index (κ2) is 5.67. The van der Waals surface area contributed by atoms with Crippen LogP contribution in [0.1, 0.15) is 24.9 Å². The first-order valence-corrected chi connectivity index (χ1v) is 6.28. The van der Waals surface area contributed by atoms with E-state index in [1.54, 1.807) is 19.2 Å². The molecule has 2 rings (SSSR count). The number of benzene rings is 1. The summed E-state index contributed by atoms with van der Waals surface area (Å²) < 4.78 is 24.4. The fraction of sp³-hybridized carbons (Fsp3) is 0.571. The summed E-state index contributed by atoms with van der Waals surface area (Å²) in [6, 6.07) is 4.70. The smallest absolute Gasteiger partial charge is 0.123 e. The molecule has 1 aromatic rings. The average Bonchev–Trinajstić information content (AvgIpc) is 2.77. The minimum absolute atomic E-state index is 0.0561. The van der Waals surface area contributed by atoms with Crippen LogP contribution >= 0.6 is 0 Å². The largest absolute Gasteiger partial charge is 0.496 e. The van der Waals surface area contributed by atoms with E-state index in [1.807, 2.05) is 7.05 Å². The second-order valence-corrected chi connectivity index (χ2v) is 4.79. The molecule has 1 fully saturated rings. The molecular weight excluding hydrogens is 233 g/mol. The maximum absolute atomic E-state index is 13.4. The Morgan fingerprint density at radius 2 is 2.28 bits per heavy atom. The van der Waals surface area contributed by atoms with Crippen molar-refractivity contribution in [3.05, 3.63) is 29.6 Å². The molecule has 3 atom stereocenters. The highest BCUT2D eigenvalue weighted by Gasteiger charge is 2.31. The summed E-state index contributed by atoms with van der Waals surface area (Å²) in [4.78, 5) is 0. The average molecular weight is 253 g/mol. The number of methoxy groups -OCH3 is 1. The molecule has 3 unspecified atom stereocenters. The van der Waals surface area contributed by atoms with Gasteiger partial charge in [-0.05, 0) is 38.6 Å². The molecular formula is C14H20FNO2. The number of halogens is 1. The molecule has 0 bridgehead atoms. The highest BCUT2D eigenvalue weighted by atomic mass is 19.1. The highest BCUT2D eigenvalue weighted by Crippen LogP contribution is 2.36. The molecule has 0 amide bonds. The van der Waals surface area contributed by atoms with E-state index in [0.29, 0.717) is 12.5 Å². The molecule has 1 aliphatic heterocycles. The predicted molar refractivity (Wildman–Crippen MR) is 68.3 cm³/mol. The lowest BCUT2D eigenvalue weighted by molar-refractivity contribution is 0.117. The first-order chi connectivity index (χ1) is 8.65. The van der Waals surface area contributed by atoms with Crippen molar-refractivity contribution in [1.29, 1.82) is 0 Å². The number of hydrogen-bond acceptors (Lipinski definition) is 3. The van der Waals surface area contributed by atoms with Gasteiger partial charge in [-0.1, -0.05) is 0 Å². The minimum atomic E-state index is -0.238. The van der Waals surface area contributed by atoms with Crippen LogP contribution in [0, 0.1) is 11.7 Å². The summed E-state index contributed by atoms with van der Waals surface area (Å²) in [5.74, 6) is 0.828. The standard InChI is InChI=1S/C14H20FNO2/c1-9-6-10(8-18-9)14(16-2)12-7-11(15)4-5-13(12)17-3/h4-5,7,9-10,14,16H,6,8H2,1-3H3. The third kappa shape index (κ3) is 2.65. The molecule has 4 heteroatoms. The van der Waals surface area contributed by atoms with Gasteiger partial charge in [0.15, 0.2) is 0 Å². The number of nitrogens with one attached hydrogen (secondary N) is 1. The number of hydrogen-bond donors (Lipinski definition) is 1. The number of ether oxygens (including phenoxy) is 2. The Bertz CT molecular complexity index is 411. The summed E-state index contributed by atoms with van der Waals surface area (Å²) in [5.41, 5.74) is 0.864. The van der Waals surface area contributed by atoms with Crippen molar-refractivity contribution in [3.63, 3.8) is 0 Å². The van der Waals surface area contributed by atoms with Crippen LogP contribution in [0.2, 0.25) is 0 Å². The van der Waals surface area contributed by atoms with Gasteiger partial charge in [0, 0.05) is 17.5 Å². The lowest BCUT2D eigenvalue weighted by atomic mass is 9.90. The van der Waals surface area contributed by atoms with Gasteiger partial charge in [-0.2, -0.15) is 0 Å². The molecule has 1 N–H and O–H groups in total. The van der Waals surface area contributed by atoms with E-state index in [1.165, 1.54) is 6.07 Å². The molecule has 18 heavy (non-hydrogen) atoms. The zero-order valence-corrected chi connectivity index (χ0v) is 11.1. The maximum Gasteiger partial charge on any atom is 0.123 e. The van der Waals surface area contributed by atoms with Gasteiger partial charge in [-0.25, -0.2) is 4.39 Å². The Balaban J connectivity index is 2.29. The van der Waals surface area contributed by atoms with Crippen molar-refractivity contribution in [2.45, 2.75) is 25.5 Å². The molecule has 0 aliphatic carbocycles. The van der Waals surface area contributed by atoms with Gasteiger partial charge in [0.1, 0.15) is 11.6 Å². The monoisotopic (exact) mass is 253 g/mol. The van der Waals surface area contributed by atoms with E-state index in [0.717, 1.165) is 17.7 Å². The summed E-state index contributed by atoms with van der Waals surface area (Å²) in [6.45, 7) is 2.77. The van der Waals surface area contributed by atoms with Crippen LogP contribution in [-0.4, -0.2) is 26.9 Å². The Labute approximate surface area is 107 Å². The van der Waals surface area contributed by atoms with Gasteiger partial charge >= 0.3 is 0 Å². The summed E-state index contributed by atoms with van der Waals surface area (Å²) in [5, 5.41) is 3.26. The minimum Gasteiger partial charge on any atom is -0.496 e. The molecule has 1 aliphatic rings. The molecule has 0 saturated carbocycles. The number of rotatable bonds is 4. The van der Waals surface area contributed by atoms with E-state index < -0.39 is 0 Å². The molecule has 100 valence electrons. The fourth-order valence-corrected chi connectivity index (χ4v) is 2.68. The summed E-state index contributed by atoms with van der Waals surface area (Å²) in [7, 11) is 3.50. The quantitative estimate of drug-likeness (QED) is 0.894. The maximum atomic E-state index is 13.4. The van der Waals surface area contributed by atoms with E-state index in [4.69, 9.17) is 9.47 Å². The first kappa shape index (κ1) is 13.3. The van der Waals surface area contributed by atoms with Crippen molar-refractivity contribution in [2.24, 2.45) is 5.92 Å². The van der Waals surface area contributed by atoms with Crippen LogP contribution in [0.15, 0.2) is 18.2 Å². The zero-order valence-electron chi connectivity index (χ0n) is 11.1. The zero-order chi connectivity index (χ0) is 13.1. The van der Waals surface area contributed by atoms with Gasteiger partial charge in [0.2, 0.25) is 0 Å². The van der Waals surface area contributed by atoms with Crippen LogP contribution in [-0.2, 0) is 4.74 Å². The fourth-order valence-electron chi connectivity index (χ4n) is 2.68. The Morgan fingerprint density at radius 1 is 1.50 bits per heavy atom. The van der Waals surface area contributed by atoms with Gasteiger partial charge in [0.25, 0.3) is 0 Å². The third-order valence-corrected chi connectivity index (χ3v) is 3.54. The van der Waals surface area contributed by atoms with Crippen LogP contribution in [0.25, 0.3) is 0 Å². The highest BCUT2D eigenvalue weighted by molar-refractivity contribution is 5.37. The predicted octanol–water partition coefficient (Wildman–Crippen LogP) is 2.52. The van der Waals surface area contributed by atoms with Crippen LogP contribution < -0.4 is 10.1 Å². The molecule has 1 aromatic carbocycles. The SMILES string of the molecule is CNC(c1cc(F)ccc1OC)C1COC(C)C1. The van der Waals surface area contributed by atoms with Gasteiger partial charge < -0.3 is 14.8 Å². The molecule has 0 radical (unpaired) electrons. The van der Waals surface area contributed by atoms with Crippen molar-refractivity contribution < 1.29 is 13.9 Å². The molecule has 1 saturated heterocycles. The summed E-state index contributed by atoms with van der Waals surface area (Å²) >= 11 is 0. The van der Waals surface area contributed by atoms with Crippen molar-refractivity contribution >= 4 is 0 Å². The second-order valence-electron chi connectivity index (χ2n) is 4.79. The lowest BCUT2D eigenvalue weighted by Gasteiger charge is -2.24. The first-order valence-electron chi connectivity index (χ1n) is 6.28. The van der Waals surface area contributed by atoms with Gasteiger partial charge in [-0.15, -0.1) is 0 Å². The Morgan fingerprint density at radius 3 is 2.83 bits per heavy atom. The van der Waals surface area contributed by atoms with Crippen molar-refractivity contribution in [2.75, 3.05) is 20.8 Å². The lowest BCUT2D eigenvalue weighted by Crippen LogP contribution is -2.26.